The van der Waals surface area contributed by atoms with Crippen LogP contribution in [0.5, 0.6) is 11.5 Å². The van der Waals surface area contributed by atoms with Crippen molar-refractivity contribution in [1.82, 2.24) is 24.5 Å². The van der Waals surface area contributed by atoms with Crippen molar-refractivity contribution < 1.29 is 13.9 Å². The Bertz CT molecular complexity index is 1490. The Morgan fingerprint density at radius 3 is 2.59 bits per heavy atom. The number of nitrogen functional groups attached to an aromatic ring is 1. The fourth-order valence-corrected chi connectivity index (χ4v) is 4.35. The standard InChI is InChI=1S/C28H29FN6O2/c1-16(2)35-13-21(25-27(30)33-15-34-28(25)35)20-8-9-22(17(3)10-20)37-24-7-5-6-23(26(24)29)36-14-19-11-31-18(4)32-12-19/h5-13,15-17,22H,14H2,1-4H3,(H2,30,33,34). The predicted octanol–water partition coefficient (Wildman–Crippen LogP) is 5.45. The number of hydrogen-bond acceptors (Lipinski definition) is 7. The van der Waals surface area contributed by atoms with Gasteiger partial charge in [0.05, 0.1) is 5.39 Å². The number of fused-ring (bicyclic) bond motifs is 1. The van der Waals surface area contributed by atoms with Gasteiger partial charge in [-0.25, -0.2) is 19.9 Å². The van der Waals surface area contributed by atoms with Crippen LogP contribution < -0.4 is 15.2 Å². The van der Waals surface area contributed by atoms with E-state index in [9.17, 15) is 0 Å². The fourth-order valence-electron chi connectivity index (χ4n) is 4.35. The summed E-state index contributed by atoms with van der Waals surface area (Å²) in [5.74, 6) is 0.770. The van der Waals surface area contributed by atoms with Gasteiger partial charge < -0.3 is 19.8 Å². The minimum Gasteiger partial charge on any atom is -0.486 e. The second-order valence-electron chi connectivity index (χ2n) is 9.42. The summed E-state index contributed by atoms with van der Waals surface area (Å²) in [6.45, 7) is 8.19. The van der Waals surface area contributed by atoms with Crippen molar-refractivity contribution in [3.05, 3.63) is 84.1 Å². The van der Waals surface area contributed by atoms with Crippen molar-refractivity contribution in [3.63, 3.8) is 0 Å². The number of allylic oxidation sites excluding steroid dienone is 2. The zero-order valence-corrected chi connectivity index (χ0v) is 21.2. The van der Waals surface area contributed by atoms with Gasteiger partial charge in [0.25, 0.3) is 0 Å². The first-order valence-corrected chi connectivity index (χ1v) is 12.2. The first-order valence-electron chi connectivity index (χ1n) is 12.2. The summed E-state index contributed by atoms with van der Waals surface area (Å²) in [5, 5.41) is 0.827. The highest BCUT2D eigenvalue weighted by Gasteiger charge is 2.24. The topological polar surface area (TPSA) is 101 Å². The quantitative estimate of drug-likeness (QED) is 0.360. The summed E-state index contributed by atoms with van der Waals surface area (Å²) in [6.07, 6.45) is 12.5. The van der Waals surface area contributed by atoms with Crippen LogP contribution in [-0.4, -0.2) is 30.6 Å². The highest BCUT2D eigenvalue weighted by molar-refractivity contribution is 5.99. The average molecular weight is 501 g/mol. The van der Waals surface area contributed by atoms with Gasteiger partial charge in [-0.15, -0.1) is 0 Å². The lowest BCUT2D eigenvalue weighted by atomic mass is 9.91. The van der Waals surface area contributed by atoms with E-state index in [4.69, 9.17) is 15.2 Å². The van der Waals surface area contributed by atoms with Crippen molar-refractivity contribution in [3.8, 4) is 11.5 Å². The van der Waals surface area contributed by atoms with Gasteiger partial charge >= 0.3 is 0 Å². The SMILES string of the molecule is Cc1ncc(COc2cccc(OC3C=CC(c4cn(C(C)C)c5ncnc(N)c45)=CC3C)c2F)cn1. The molecule has 37 heavy (non-hydrogen) atoms. The minimum atomic E-state index is -0.546. The van der Waals surface area contributed by atoms with E-state index in [1.807, 2.05) is 19.1 Å². The number of nitrogens with two attached hydrogens (primary N) is 1. The zero-order chi connectivity index (χ0) is 26.1. The van der Waals surface area contributed by atoms with Crippen LogP contribution in [0.1, 0.15) is 43.8 Å². The van der Waals surface area contributed by atoms with Gasteiger partial charge in [-0.05, 0) is 44.6 Å². The van der Waals surface area contributed by atoms with Gasteiger partial charge in [0.2, 0.25) is 5.82 Å². The van der Waals surface area contributed by atoms with Crippen molar-refractivity contribution in [2.75, 3.05) is 5.73 Å². The first kappa shape index (κ1) is 24.4. The van der Waals surface area contributed by atoms with E-state index in [0.717, 1.165) is 27.7 Å². The number of hydrogen-bond donors (Lipinski definition) is 1. The molecule has 2 N–H and O–H groups in total. The molecule has 1 aromatic carbocycles. The summed E-state index contributed by atoms with van der Waals surface area (Å²) in [4.78, 5) is 16.9. The molecule has 3 aromatic heterocycles. The zero-order valence-electron chi connectivity index (χ0n) is 21.2. The molecule has 8 nitrogen and oxygen atoms in total. The third-order valence-electron chi connectivity index (χ3n) is 6.35. The van der Waals surface area contributed by atoms with E-state index in [-0.39, 0.29) is 36.2 Å². The number of anilines is 1. The van der Waals surface area contributed by atoms with Gasteiger partial charge in [0.15, 0.2) is 11.5 Å². The molecule has 0 amide bonds. The summed E-state index contributed by atoms with van der Waals surface area (Å²) in [6, 6.07) is 5.10. The first-order chi connectivity index (χ1) is 17.8. The number of rotatable bonds is 7. The number of benzene rings is 1. The molecule has 0 bridgehead atoms. The van der Waals surface area contributed by atoms with Crippen LogP contribution in [0.2, 0.25) is 0 Å². The lowest BCUT2D eigenvalue weighted by Crippen LogP contribution is -2.24. The number of ether oxygens (including phenoxy) is 2. The molecule has 0 aliphatic heterocycles. The van der Waals surface area contributed by atoms with Crippen LogP contribution in [0.3, 0.4) is 0 Å². The maximum atomic E-state index is 15.2. The molecular formula is C28H29FN6O2. The Labute approximate surface area is 214 Å². The molecule has 2 unspecified atom stereocenters. The van der Waals surface area contributed by atoms with Crippen molar-refractivity contribution in [2.45, 2.75) is 46.4 Å². The highest BCUT2D eigenvalue weighted by Crippen LogP contribution is 2.36. The van der Waals surface area contributed by atoms with Crippen LogP contribution in [0.15, 0.2) is 61.3 Å². The van der Waals surface area contributed by atoms with E-state index < -0.39 is 5.82 Å². The van der Waals surface area contributed by atoms with Gasteiger partial charge in [-0.1, -0.05) is 25.1 Å². The van der Waals surface area contributed by atoms with Gasteiger partial charge in [-0.2, -0.15) is 4.39 Å². The summed E-state index contributed by atoms with van der Waals surface area (Å²) < 4.78 is 29.1. The van der Waals surface area contributed by atoms with E-state index in [1.54, 1.807) is 37.5 Å². The summed E-state index contributed by atoms with van der Waals surface area (Å²) >= 11 is 0. The lowest BCUT2D eigenvalue weighted by Gasteiger charge is -2.25. The molecule has 1 aliphatic rings. The third-order valence-corrected chi connectivity index (χ3v) is 6.35. The van der Waals surface area contributed by atoms with Crippen LogP contribution in [0, 0.1) is 18.7 Å². The molecule has 190 valence electrons. The van der Waals surface area contributed by atoms with Crippen LogP contribution in [-0.2, 0) is 6.61 Å². The van der Waals surface area contributed by atoms with Crippen LogP contribution in [0.25, 0.3) is 16.6 Å². The normalized spacial score (nSPS) is 17.3. The molecule has 4 aromatic rings. The molecule has 1 aliphatic carbocycles. The van der Waals surface area contributed by atoms with Crippen molar-refractivity contribution >= 4 is 22.4 Å². The van der Waals surface area contributed by atoms with Crippen LogP contribution in [0.4, 0.5) is 10.2 Å². The largest absolute Gasteiger partial charge is 0.486 e. The van der Waals surface area contributed by atoms with Gasteiger partial charge in [0, 0.05) is 41.7 Å². The number of halogens is 1. The Balaban J connectivity index is 1.34. The maximum absolute atomic E-state index is 15.2. The molecule has 0 spiro atoms. The smallest absolute Gasteiger partial charge is 0.206 e. The molecule has 9 heteroatoms. The van der Waals surface area contributed by atoms with Gasteiger partial charge in [-0.3, -0.25) is 0 Å². The second-order valence-corrected chi connectivity index (χ2v) is 9.42. The second kappa shape index (κ2) is 10.0. The lowest BCUT2D eigenvalue weighted by molar-refractivity contribution is 0.196. The number of aryl methyl sites for hydroxylation is 1. The predicted molar refractivity (Wildman–Crippen MR) is 141 cm³/mol. The number of aromatic nitrogens is 5. The Kier molecular flexibility index (Phi) is 6.60. The maximum Gasteiger partial charge on any atom is 0.206 e. The van der Waals surface area contributed by atoms with Gasteiger partial charge in [0.1, 0.15) is 36.3 Å². The molecule has 0 saturated carbocycles. The molecule has 2 atom stereocenters. The molecule has 0 saturated heterocycles. The summed E-state index contributed by atoms with van der Waals surface area (Å²) in [5.41, 5.74) is 9.75. The Morgan fingerprint density at radius 2 is 1.86 bits per heavy atom. The molecule has 3 heterocycles. The highest BCUT2D eigenvalue weighted by atomic mass is 19.1. The third kappa shape index (κ3) is 4.89. The van der Waals surface area contributed by atoms with Crippen molar-refractivity contribution in [1.29, 1.82) is 0 Å². The van der Waals surface area contributed by atoms with E-state index in [1.165, 1.54) is 6.33 Å². The fraction of sp³-hybridized carbons (Fsp3) is 0.286. The van der Waals surface area contributed by atoms with E-state index >= 15 is 4.39 Å². The van der Waals surface area contributed by atoms with Crippen molar-refractivity contribution in [2.24, 2.45) is 5.92 Å². The molecular weight excluding hydrogens is 471 g/mol. The van der Waals surface area contributed by atoms with E-state index in [2.05, 4.69) is 50.6 Å². The molecule has 5 rings (SSSR count). The number of nitrogens with zero attached hydrogens (tertiary/aromatic N) is 5. The Morgan fingerprint density at radius 1 is 1.11 bits per heavy atom. The Hall–Kier alpha value is -4.27. The summed E-state index contributed by atoms with van der Waals surface area (Å²) in [7, 11) is 0. The van der Waals surface area contributed by atoms with Crippen LogP contribution >= 0.6 is 0 Å². The minimum absolute atomic E-state index is 0.0306. The monoisotopic (exact) mass is 500 g/mol. The average Bonchev–Trinajstić information content (AvgIpc) is 3.28. The van der Waals surface area contributed by atoms with E-state index in [0.29, 0.717) is 11.6 Å². The molecule has 0 fully saturated rings. The molecule has 0 radical (unpaired) electrons.